The largest absolute Gasteiger partial charge is 0.503 e. The molecule has 0 saturated heterocycles. The van der Waals surface area contributed by atoms with Gasteiger partial charge in [-0.2, -0.15) is 0 Å². The van der Waals surface area contributed by atoms with Crippen LogP contribution in [0.25, 0.3) is 11.0 Å². The number of ketones is 1. The predicted molar refractivity (Wildman–Crippen MR) is 113 cm³/mol. The maximum Gasteiger partial charge on any atom is 0.290 e. The zero-order valence-electron chi connectivity index (χ0n) is 17.0. The standard InChI is InChI=1S/C25H18FNO5/c1-14-6-11-19(31-14)22-21(23(28)20-12-16-4-2-3-5-18(16)32-20)24(29)25(30)27(22)13-15-7-9-17(26)10-8-15/h2-12,22,29H,13H2,1H3. The molecular formula is C25H18FNO5. The average molecular weight is 431 g/mol. The van der Waals surface area contributed by atoms with Crippen molar-refractivity contribution < 1.29 is 27.9 Å². The lowest BCUT2D eigenvalue weighted by Crippen LogP contribution is -2.30. The zero-order valence-corrected chi connectivity index (χ0v) is 17.0. The topological polar surface area (TPSA) is 83.9 Å². The number of hydrogen-bond acceptors (Lipinski definition) is 5. The summed E-state index contributed by atoms with van der Waals surface area (Å²) in [4.78, 5) is 27.8. The Morgan fingerprint density at radius 2 is 1.81 bits per heavy atom. The number of Topliss-reactive ketones (excluding diaryl/α,β-unsaturated/α-hetero) is 1. The molecule has 4 aromatic rings. The lowest BCUT2D eigenvalue weighted by molar-refractivity contribution is -0.130. The number of carbonyl (C=O) groups excluding carboxylic acids is 2. The fraction of sp³-hybridized carbons (Fsp3) is 0.120. The fourth-order valence-corrected chi connectivity index (χ4v) is 3.96. The molecule has 0 saturated carbocycles. The third-order valence-corrected chi connectivity index (χ3v) is 5.49. The summed E-state index contributed by atoms with van der Waals surface area (Å²) in [6.45, 7) is 1.79. The normalized spacial score (nSPS) is 16.4. The van der Waals surface area contributed by atoms with Gasteiger partial charge in [0.2, 0.25) is 5.78 Å². The second-order valence-corrected chi connectivity index (χ2v) is 7.65. The van der Waals surface area contributed by atoms with E-state index in [1.54, 1.807) is 55.5 Å². The lowest BCUT2D eigenvalue weighted by atomic mass is 9.99. The number of aliphatic hydroxyl groups is 1. The number of rotatable bonds is 5. The maximum atomic E-state index is 13.4. The van der Waals surface area contributed by atoms with Crippen LogP contribution in [0.5, 0.6) is 0 Å². The van der Waals surface area contributed by atoms with E-state index in [1.807, 2.05) is 6.07 Å². The van der Waals surface area contributed by atoms with E-state index in [-0.39, 0.29) is 17.9 Å². The number of para-hydroxylation sites is 1. The van der Waals surface area contributed by atoms with Crippen molar-refractivity contribution in [1.82, 2.24) is 4.90 Å². The molecule has 6 nitrogen and oxygen atoms in total. The molecule has 2 aromatic heterocycles. The van der Waals surface area contributed by atoms with Crippen molar-refractivity contribution in [2.75, 3.05) is 0 Å². The smallest absolute Gasteiger partial charge is 0.290 e. The van der Waals surface area contributed by atoms with Gasteiger partial charge in [0.15, 0.2) is 11.5 Å². The van der Waals surface area contributed by atoms with Gasteiger partial charge in [0.1, 0.15) is 29.0 Å². The summed E-state index contributed by atoms with van der Waals surface area (Å²) >= 11 is 0. The van der Waals surface area contributed by atoms with Gasteiger partial charge in [-0.25, -0.2) is 4.39 Å². The van der Waals surface area contributed by atoms with Crippen LogP contribution in [0, 0.1) is 12.7 Å². The third kappa shape index (κ3) is 3.28. The van der Waals surface area contributed by atoms with Crippen molar-refractivity contribution >= 4 is 22.7 Å². The molecule has 1 amide bonds. The zero-order chi connectivity index (χ0) is 22.4. The summed E-state index contributed by atoms with van der Waals surface area (Å²) in [5.41, 5.74) is 1.04. The highest BCUT2D eigenvalue weighted by Crippen LogP contribution is 2.41. The molecule has 2 aromatic carbocycles. The molecule has 7 heteroatoms. The van der Waals surface area contributed by atoms with E-state index in [9.17, 15) is 19.1 Å². The quantitative estimate of drug-likeness (QED) is 0.436. The lowest BCUT2D eigenvalue weighted by Gasteiger charge is -2.24. The van der Waals surface area contributed by atoms with Gasteiger partial charge in [-0.05, 0) is 48.9 Å². The van der Waals surface area contributed by atoms with E-state index >= 15 is 0 Å². The molecule has 0 fully saturated rings. The van der Waals surface area contributed by atoms with Gasteiger partial charge in [-0.3, -0.25) is 9.59 Å². The molecule has 0 radical (unpaired) electrons. The molecule has 1 aliphatic heterocycles. The molecule has 5 rings (SSSR count). The average Bonchev–Trinajstić information content (AvgIpc) is 3.47. The highest BCUT2D eigenvalue weighted by molar-refractivity contribution is 6.15. The minimum Gasteiger partial charge on any atom is -0.503 e. The number of amides is 1. The Morgan fingerprint density at radius 1 is 1.06 bits per heavy atom. The summed E-state index contributed by atoms with van der Waals surface area (Å²) in [6.07, 6.45) is 0. The number of aryl methyl sites for hydroxylation is 1. The van der Waals surface area contributed by atoms with Crippen LogP contribution in [0.15, 0.2) is 86.9 Å². The van der Waals surface area contributed by atoms with Crippen molar-refractivity contribution in [3.63, 3.8) is 0 Å². The first-order valence-corrected chi connectivity index (χ1v) is 10.0. The third-order valence-electron chi connectivity index (χ3n) is 5.49. The van der Waals surface area contributed by atoms with Crippen LogP contribution >= 0.6 is 0 Å². The van der Waals surface area contributed by atoms with Crippen molar-refractivity contribution in [1.29, 1.82) is 0 Å². The molecule has 32 heavy (non-hydrogen) atoms. The summed E-state index contributed by atoms with van der Waals surface area (Å²) in [5.74, 6) is -1.44. The molecule has 1 aliphatic rings. The second-order valence-electron chi connectivity index (χ2n) is 7.65. The molecule has 1 atom stereocenters. The first kappa shape index (κ1) is 19.8. The Labute approximate surface area is 182 Å². The van der Waals surface area contributed by atoms with Gasteiger partial charge < -0.3 is 18.8 Å². The molecular weight excluding hydrogens is 413 g/mol. The highest BCUT2D eigenvalue weighted by atomic mass is 19.1. The van der Waals surface area contributed by atoms with Gasteiger partial charge in [-0.15, -0.1) is 0 Å². The second kappa shape index (κ2) is 7.53. The molecule has 1 unspecified atom stereocenters. The van der Waals surface area contributed by atoms with E-state index < -0.39 is 29.3 Å². The van der Waals surface area contributed by atoms with Crippen LogP contribution in [0.3, 0.4) is 0 Å². The Balaban J connectivity index is 1.58. The van der Waals surface area contributed by atoms with Crippen LogP contribution in [0.4, 0.5) is 4.39 Å². The van der Waals surface area contributed by atoms with Crippen LogP contribution < -0.4 is 0 Å². The monoisotopic (exact) mass is 431 g/mol. The number of aliphatic hydroxyl groups excluding tert-OH is 1. The van der Waals surface area contributed by atoms with Gasteiger partial charge in [0, 0.05) is 11.9 Å². The Kier molecular flexibility index (Phi) is 4.66. The Bertz CT molecular complexity index is 1350. The number of halogens is 1. The summed E-state index contributed by atoms with van der Waals surface area (Å²) in [5, 5.41) is 11.4. The van der Waals surface area contributed by atoms with Crippen LogP contribution in [-0.4, -0.2) is 21.7 Å². The van der Waals surface area contributed by atoms with Crippen LogP contribution in [0.1, 0.15) is 33.7 Å². The van der Waals surface area contributed by atoms with Gasteiger partial charge in [0.25, 0.3) is 5.91 Å². The van der Waals surface area contributed by atoms with Gasteiger partial charge >= 0.3 is 0 Å². The molecule has 0 bridgehead atoms. The Hall–Kier alpha value is -4.13. The first-order chi connectivity index (χ1) is 15.4. The maximum absolute atomic E-state index is 13.4. The number of nitrogens with zero attached hydrogens (tertiary/aromatic N) is 1. The number of hydrogen-bond donors (Lipinski definition) is 1. The first-order valence-electron chi connectivity index (χ1n) is 10.0. The van der Waals surface area contributed by atoms with Crippen molar-refractivity contribution in [3.05, 3.63) is 107 Å². The number of furan rings is 2. The predicted octanol–water partition coefficient (Wildman–Crippen LogP) is 5.25. The Morgan fingerprint density at radius 3 is 2.50 bits per heavy atom. The van der Waals surface area contributed by atoms with E-state index in [2.05, 4.69) is 0 Å². The van der Waals surface area contributed by atoms with E-state index in [4.69, 9.17) is 8.83 Å². The summed E-state index contributed by atoms with van der Waals surface area (Å²) in [6, 6.07) is 16.8. The highest BCUT2D eigenvalue weighted by Gasteiger charge is 2.46. The minimum absolute atomic E-state index is 0.0115. The van der Waals surface area contributed by atoms with E-state index in [0.717, 1.165) is 5.39 Å². The van der Waals surface area contributed by atoms with Gasteiger partial charge in [-0.1, -0.05) is 30.3 Å². The van der Waals surface area contributed by atoms with Crippen LogP contribution in [-0.2, 0) is 11.3 Å². The summed E-state index contributed by atoms with van der Waals surface area (Å²) < 4.78 is 24.8. The number of benzene rings is 2. The van der Waals surface area contributed by atoms with Crippen molar-refractivity contribution in [2.45, 2.75) is 19.5 Å². The number of carbonyl (C=O) groups is 2. The van der Waals surface area contributed by atoms with Crippen LogP contribution in [0.2, 0.25) is 0 Å². The SMILES string of the molecule is Cc1ccc(C2C(C(=O)c3cc4ccccc4o3)=C(O)C(=O)N2Cc2ccc(F)cc2)o1. The van der Waals surface area contributed by atoms with Crippen molar-refractivity contribution in [3.8, 4) is 0 Å². The molecule has 0 spiro atoms. The van der Waals surface area contributed by atoms with E-state index in [0.29, 0.717) is 22.7 Å². The van der Waals surface area contributed by atoms with Gasteiger partial charge in [0.05, 0.1) is 5.57 Å². The minimum atomic E-state index is -0.957. The molecule has 160 valence electrons. The fourth-order valence-electron chi connectivity index (χ4n) is 3.96. The molecule has 1 N–H and O–H groups in total. The number of fused-ring (bicyclic) bond motifs is 1. The summed E-state index contributed by atoms with van der Waals surface area (Å²) in [7, 11) is 0. The molecule has 3 heterocycles. The van der Waals surface area contributed by atoms with Crippen molar-refractivity contribution in [2.24, 2.45) is 0 Å². The molecule has 0 aliphatic carbocycles. The van der Waals surface area contributed by atoms with E-state index in [1.165, 1.54) is 17.0 Å².